The fraction of sp³-hybridized carbons (Fsp3) is 0.609. The Morgan fingerprint density at radius 3 is 2.58 bits per heavy atom. The largest absolute Gasteiger partial charge is 0.444 e. The summed E-state index contributed by atoms with van der Waals surface area (Å²) >= 11 is 0. The molecule has 1 N–H and O–H groups in total. The van der Waals surface area contributed by atoms with E-state index in [1.165, 1.54) is 0 Å². The van der Waals surface area contributed by atoms with Crippen LogP contribution in [0.15, 0.2) is 18.2 Å². The second-order valence-corrected chi connectivity index (χ2v) is 9.44. The zero-order valence-electron chi connectivity index (χ0n) is 19.1. The Morgan fingerprint density at radius 2 is 1.94 bits per heavy atom. The predicted octanol–water partition coefficient (Wildman–Crippen LogP) is 3.20. The zero-order valence-corrected chi connectivity index (χ0v) is 19.1. The third kappa shape index (κ3) is 5.18. The van der Waals surface area contributed by atoms with Gasteiger partial charge in [0.05, 0.1) is 12.0 Å². The highest BCUT2D eigenvalue weighted by Crippen LogP contribution is 2.35. The Kier molecular flexibility index (Phi) is 6.59. The molecule has 2 aliphatic rings. The van der Waals surface area contributed by atoms with E-state index in [9.17, 15) is 14.4 Å². The van der Waals surface area contributed by atoms with Gasteiger partial charge in [0, 0.05) is 45.0 Å². The molecule has 1 aromatic carbocycles. The SMILES string of the molecule is COCC1(C(=O)Nc2ccc3c(c2)CCCN3C(C)=O)CCN(C(=O)OC(C)(C)C)C1. The van der Waals surface area contributed by atoms with Gasteiger partial charge in [0.25, 0.3) is 0 Å². The lowest BCUT2D eigenvalue weighted by atomic mass is 9.86. The van der Waals surface area contributed by atoms with Crippen LogP contribution in [0, 0.1) is 5.41 Å². The monoisotopic (exact) mass is 431 g/mol. The molecule has 1 unspecified atom stereocenters. The molecule has 2 aliphatic heterocycles. The first-order valence-corrected chi connectivity index (χ1v) is 10.7. The molecule has 0 saturated carbocycles. The van der Waals surface area contributed by atoms with Crippen molar-refractivity contribution in [2.24, 2.45) is 5.41 Å². The van der Waals surface area contributed by atoms with Crippen LogP contribution in [0.5, 0.6) is 0 Å². The van der Waals surface area contributed by atoms with Gasteiger partial charge in [0.2, 0.25) is 11.8 Å². The van der Waals surface area contributed by atoms with Crippen LogP contribution in [0.3, 0.4) is 0 Å². The van der Waals surface area contributed by atoms with Gasteiger partial charge < -0.3 is 24.6 Å². The number of fused-ring (bicyclic) bond motifs is 1. The molecule has 0 radical (unpaired) electrons. The summed E-state index contributed by atoms with van der Waals surface area (Å²) in [6.07, 6.45) is 1.83. The highest BCUT2D eigenvalue weighted by molar-refractivity contribution is 5.97. The Labute approximate surface area is 183 Å². The molecule has 3 amide bonds. The highest BCUT2D eigenvalue weighted by Gasteiger charge is 2.47. The number of rotatable bonds is 4. The quantitative estimate of drug-likeness (QED) is 0.791. The van der Waals surface area contributed by atoms with Gasteiger partial charge in [0.1, 0.15) is 5.60 Å². The van der Waals surface area contributed by atoms with Crippen LogP contribution in [0.2, 0.25) is 0 Å². The van der Waals surface area contributed by atoms with Crippen molar-refractivity contribution in [3.05, 3.63) is 23.8 Å². The van der Waals surface area contributed by atoms with Crippen molar-refractivity contribution in [2.75, 3.05) is 43.6 Å². The summed E-state index contributed by atoms with van der Waals surface area (Å²) in [5.41, 5.74) is 1.19. The fourth-order valence-corrected chi connectivity index (χ4v) is 4.27. The maximum Gasteiger partial charge on any atom is 0.410 e. The molecule has 0 aromatic heterocycles. The summed E-state index contributed by atoms with van der Waals surface area (Å²) in [7, 11) is 1.56. The van der Waals surface area contributed by atoms with Gasteiger partial charge in [-0.15, -0.1) is 0 Å². The number of ether oxygens (including phenoxy) is 2. The normalized spacial score (nSPS) is 20.9. The second kappa shape index (κ2) is 8.86. The van der Waals surface area contributed by atoms with Gasteiger partial charge in [0.15, 0.2) is 0 Å². The third-order valence-electron chi connectivity index (χ3n) is 5.74. The van der Waals surface area contributed by atoms with E-state index in [4.69, 9.17) is 9.47 Å². The number of amides is 3. The van der Waals surface area contributed by atoms with Crippen molar-refractivity contribution < 1.29 is 23.9 Å². The molecule has 8 nitrogen and oxygen atoms in total. The van der Waals surface area contributed by atoms with E-state index in [1.807, 2.05) is 39.0 Å². The standard InChI is InChI=1S/C23H33N3O5/c1-16(27)26-11-6-7-17-13-18(8-9-19(17)26)24-20(28)23(15-30-5)10-12-25(14-23)21(29)31-22(2,3)4/h8-9,13H,6-7,10-12,14-15H2,1-5H3,(H,24,28). The molecule has 1 fully saturated rings. The van der Waals surface area contributed by atoms with Crippen molar-refractivity contribution in [1.82, 2.24) is 4.90 Å². The maximum atomic E-state index is 13.3. The molecule has 1 saturated heterocycles. The summed E-state index contributed by atoms with van der Waals surface area (Å²) in [6.45, 7) is 8.62. The van der Waals surface area contributed by atoms with E-state index in [-0.39, 0.29) is 25.0 Å². The van der Waals surface area contributed by atoms with E-state index in [2.05, 4.69) is 5.32 Å². The summed E-state index contributed by atoms with van der Waals surface area (Å²) in [4.78, 5) is 41.0. The molecule has 0 aliphatic carbocycles. The Morgan fingerprint density at radius 1 is 1.19 bits per heavy atom. The van der Waals surface area contributed by atoms with Crippen LogP contribution in [0.1, 0.15) is 46.1 Å². The molecule has 170 valence electrons. The first kappa shape index (κ1) is 23.1. The lowest BCUT2D eigenvalue weighted by molar-refractivity contribution is -0.127. The molecule has 3 rings (SSSR count). The minimum Gasteiger partial charge on any atom is -0.444 e. The first-order chi connectivity index (χ1) is 14.5. The number of nitrogens with one attached hydrogen (secondary N) is 1. The minimum absolute atomic E-state index is 0.0185. The molecule has 0 bridgehead atoms. The average molecular weight is 432 g/mol. The smallest absolute Gasteiger partial charge is 0.410 e. The lowest BCUT2D eigenvalue weighted by Gasteiger charge is -2.30. The van der Waals surface area contributed by atoms with Gasteiger partial charge in [-0.05, 0) is 63.8 Å². The molecule has 1 atom stereocenters. The van der Waals surface area contributed by atoms with Gasteiger partial charge >= 0.3 is 6.09 Å². The third-order valence-corrected chi connectivity index (χ3v) is 5.74. The second-order valence-electron chi connectivity index (χ2n) is 9.44. The number of carbonyl (C=O) groups is 3. The van der Waals surface area contributed by atoms with Gasteiger partial charge in [-0.25, -0.2) is 4.79 Å². The van der Waals surface area contributed by atoms with Crippen molar-refractivity contribution in [3.63, 3.8) is 0 Å². The summed E-state index contributed by atoms with van der Waals surface area (Å²) in [6, 6.07) is 5.64. The van der Waals surface area contributed by atoms with Crippen molar-refractivity contribution >= 4 is 29.3 Å². The van der Waals surface area contributed by atoms with E-state index in [0.717, 1.165) is 24.1 Å². The Balaban J connectivity index is 1.74. The molecule has 0 spiro atoms. The summed E-state index contributed by atoms with van der Waals surface area (Å²) < 4.78 is 10.8. The van der Waals surface area contributed by atoms with Crippen molar-refractivity contribution in [1.29, 1.82) is 0 Å². The first-order valence-electron chi connectivity index (χ1n) is 10.7. The minimum atomic E-state index is -0.840. The van der Waals surface area contributed by atoms with Crippen LogP contribution in [0.25, 0.3) is 0 Å². The van der Waals surface area contributed by atoms with Crippen LogP contribution in [-0.4, -0.2) is 61.8 Å². The predicted molar refractivity (Wildman–Crippen MR) is 118 cm³/mol. The van der Waals surface area contributed by atoms with Gasteiger partial charge in [-0.3, -0.25) is 9.59 Å². The van der Waals surface area contributed by atoms with Crippen LogP contribution >= 0.6 is 0 Å². The van der Waals surface area contributed by atoms with Crippen LogP contribution in [0.4, 0.5) is 16.2 Å². The Bertz CT molecular complexity index is 863. The highest BCUT2D eigenvalue weighted by atomic mass is 16.6. The van der Waals surface area contributed by atoms with E-state index >= 15 is 0 Å². The topological polar surface area (TPSA) is 88.2 Å². The molecular formula is C23H33N3O5. The number of nitrogens with zero attached hydrogens (tertiary/aromatic N) is 2. The number of aryl methyl sites for hydroxylation is 1. The lowest BCUT2D eigenvalue weighted by Crippen LogP contribution is -2.44. The van der Waals surface area contributed by atoms with E-state index < -0.39 is 17.1 Å². The molecule has 2 heterocycles. The number of carbonyl (C=O) groups excluding carboxylic acids is 3. The molecular weight excluding hydrogens is 398 g/mol. The number of hydrogen-bond donors (Lipinski definition) is 1. The molecule has 1 aromatic rings. The molecule has 31 heavy (non-hydrogen) atoms. The van der Waals surface area contributed by atoms with Crippen molar-refractivity contribution in [2.45, 2.75) is 52.6 Å². The van der Waals surface area contributed by atoms with Gasteiger partial charge in [-0.2, -0.15) is 0 Å². The van der Waals surface area contributed by atoms with E-state index in [0.29, 0.717) is 25.2 Å². The van der Waals surface area contributed by atoms with Crippen LogP contribution in [-0.2, 0) is 25.5 Å². The number of benzene rings is 1. The van der Waals surface area contributed by atoms with Crippen molar-refractivity contribution in [3.8, 4) is 0 Å². The maximum absolute atomic E-state index is 13.3. The number of hydrogen-bond acceptors (Lipinski definition) is 5. The Hall–Kier alpha value is -2.61. The fourth-order valence-electron chi connectivity index (χ4n) is 4.27. The van der Waals surface area contributed by atoms with Crippen LogP contribution < -0.4 is 10.2 Å². The van der Waals surface area contributed by atoms with Gasteiger partial charge in [-0.1, -0.05) is 0 Å². The average Bonchev–Trinajstić information content (AvgIpc) is 3.12. The number of anilines is 2. The number of likely N-dealkylation sites (tertiary alicyclic amines) is 1. The number of methoxy groups -OCH3 is 1. The molecule has 8 heteroatoms. The zero-order chi connectivity index (χ0) is 22.8. The summed E-state index contributed by atoms with van der Waals surface area (Å²) in [5, 5.41) is 3.01. The summed E-state index contributed by atoms with van der Waals surface area (Å²) in [5.74, 6) is -0.162. The van der Waals surface area contributed by atoms with E-state index in [1.54, 1.807) is 23.8 Å².